The van der Waals surface area contributed by atoms with Crippen molar-refractivity contribution in [2.45, 2.75) is 59.9 Å². The van der Waals surface area contributed by atoms with Gasteiger partial charge in [0.15, 0.2) is 0 Å². The monoisotopic (exact) mass is 449 g/mol. The molecule has 1 saturated heterocycles. The molecule has 176 valence electrons. The largest absolute Gasteiger partial charge is 0.507 e. The van der Waals surface area contributed by atoms with E-state index in [1.807, 2.05) is 50.2 Å². The van der Waals surface area contributed by atoms with Crippen LogP contribution < -0.4 is 4.74 Å². The maximum atomic E-state index is 13.1. The van der Waals surface area contributed by atoms with Gasteiger partial charge in [-0.15, -0.1) is 0 Å². The van der Waals surface area contributed by atoms with Crippen LogP contribution in [0.2, 0.25) is 0 Å². The van der Waals surface area contributed by atoms with Gasteiger partial charge in [-0.05, 0) is 55.5 Å². The van der Waals surface area contributed by atoms with Crippen molar-refractivity contribution < 1.29 is 19.4 Å². The Labute approximate surface area is 197 Å². The molecule has 1 aliphatic heterocycles. The van der Waals surface area contributed by atoms with E-state index in [9.17, 15) is 14.7 Å². The number of ketones is 1. The highest BCUT2D eigenvalue weighted by atomic mass is 16.5. The molecule has 0 bridgehead atoms. The minimum absolute atomic E-state index is 0.142. The van der Waals surface area contributed by atoms with Gasteiger partial charge in [-0.1, -0.05) is 63.4 Å². The Morgan fingerprint density at radius 3 is 2.48 bits per heavy atom. The van der Waals surface area contributed by atoms with Gasteiger partial charge in [-0.25, -0.2) is 0 Å². The van der Waals surface area contributed by atoms with E-state index in [0.29, 0.717) is 24.6 Å². The number of nitrogens with zero attached hydrogens (tertiary/aromatic N) is 1. The number of benzene rings is 2. The molecule has 0 aromatic heterocycles. The molecule has 2 aromatic rings. The zero-order chi connectivity index (χ0) is 24.1. The molecule has 3 rings (SSSR count). The topological polar surface area (TPSA) is 66.8 Å². The summed E-state index contributed by atoms with van der Waals surface area (Å²) in [5, 5.41) is 11.3. The van der Waals surface area contributed by atoms with Gasteiger partial charge in [0.1, 0.15) is 11.5 Å². The number of unbranched alkanes of at least 4 members (excludes halogenated alkanes) is 2. The summed E-state index contributed by atoms with van der Waals surface area (Å²) in [6, 6.07) is 12.6. The molecule has 1 aliphatic rings. The Hall–Kier alpha value is -3.08. The molecule has 1 N–H and O–H groups in total. The van der Waals surface area contributed by atoms with Crippen molar-refractivity contribution in [3.05, 3.63) is 70.3 Å². The van der Waals surface area contributed by atoms with Crippen molar-refractivity contribution in [2.24, 2.45) is 5.92 Å². The summed E-state index contributed by atoms with van der Waals surface area (Å²) >= 11 is 0. The molecular weight excluding hydrogens is 414 g/mol. The van der Waals surface area contributed by atoms with E-state index in [2.05, 4.69) is 20.8 Å². The number of carbonyl (C=O) groups is 2. The summed E-state index contributed by atoms with van der Waals surface area (Å²) in [5.74, 6) is -0.177. The number of amides is 1. The zero-order valence-electron chi connectivity index (χ0n) is 20.4. The van der Waals surface area contributed by atoms with Gasteiger partial charge in [0.25, 0.3) is 11.7 Å². The fourth-order valence-corrected chi connectivity index (χ4v) is 4.20. The molecule has 0 aliphatic carbocycles. The maximum Gasteiger partial charge on any atom is 0.295 e. The second-order valence-corrected chi connectivity index (χ2v) is 9.30. The van der Waals surface area contributed by atoms with Gasteiger partial charge < -0.3 is 14.7 Å². The Bertz CT molecular complexity index is 1050. The number of likely N-dealkylation sites (tertiary alicyclic amines) is 1. The summed E-state index contributed by atoms with van der Waals surface area (Å²) in [7, 11) is 0. The summed E-state index contributed by atoms with van der Waals surface area (Å²) in [6.45, 7) is 11.2. The molecule has 1 unspecified atom stereocenters. The number of aryl methyl sites for hydroxylation is 2. The van der Waals surface area contributed by atoms with Crippen molar-refractivity contribution in [3.8, 4) is 5.75 Å². The van der Waals surface area contributed by atoms with Crippen LogP contribution in [0.1, 0.15) is 68.3 Å². The zero-order valence-corrected chi connectivity index (χ0v) is 20.4. The van der Waals surface area contributed by atoms with Crippen LogP contribution in [0.3, 0.4) is 0 Å². The Morgan fingerprint density at radius 1 is 1.09 bits per heavy atom. The van der Waals surface area contributed by atoms with Gasteiger partial charge in [0.05, 0.1) is 18.2 Å². The molecule has 5 nitrogen and oxygen atoms in total. The molecule has 0 saturated carbocycles. The quantitative estimate of drug-likeness (QED) is 0.222. The summed E-state index contributed by atoms with van der Waals surface area (Å²) in [5.41, 5.74) is 3.39. The molecule has 1 amide bonds. The average molecular weight is 450 g/mol. The fourth-order valence-electron chi connectivity index (χ4n) is 4.20. The molecule has 33 heavy (non-hydrogen) atoms. The first-order valence-electron chi connectivity index (χ1n) is 11.8. The third kappa shape index (κ3) is 5.47. The van der Waals surface area contributed by atoms with Gasteiger partial charge in [0, 0.05) is 12.1 Å². The van der Waals surface area contributed by atoms with Gasteiger partial charge >= 0.3 is 0 Å². The number of rotatable bonds is 9. The number of aliphatic hydroxyl groups is 1. The van der Waals surface area contributed by atoms with Crippen molar-refractivity contribution in [1.82, 2.24) is 4.90 Å². The molecule has 1 fully saturated rings. The molecule has 1 heterocycles. The molecule has 0 spiro atoms. The lowest BCUT2D eigenvalue weighted by Gasteiger charge is -2.25. The van der Waals surface area contributed by atoms with Crippen molar-refractivity contribution in [1.29, 1.82) is 0 Å². The number of ether oxygens (including phenoxy) is 1. The molecule has 5 heteroatoms. The number of hydrogen-bond acceptors (Lipinski definition) is 4. The number of hydrogen-bond donors (Lipinski definition) is 1. The SMILES string of the molecule is CCCCCN1C(=O)C(=O)/C(=C(\O)c2ccc(OCC(C)C)c(C)c2)C1c1cccc(C)c1. The Kier molecular flexibility index (Phi) is 7.96. The standard InChI is InChI=1S/C28H35NO4/c1-6-7-8-14-29-25(21-11-9-10-19(4)15-21)24(27(31)28(29)32)26(30)22-12-13-23(20(5)16-22)33-17-18(2)3/h9-13,15-16,18,25,30H,6-8,14,17H2,1-5H3/b26-24-. The van der Waals surface area contributed by atoms with E-state index in [4.69, 9.17) is 4.74 Å². The first-order chi connectivity index (χ1) is 15.7. The fraction of sp³-hybridized carbons (Fsp3) is 0.429. The van der Waals surface area contributed by atoms with Gasteiger partial charge in [-0.3, -0.25) is 9.59 Å². The van der Waals surface area contributed by atoms with E-state index < -0.39 is 17.7 Å². The van der Waals surface area contributed by atoms with Crippen LogP contribution in [-0.2, 0) is 9.59 Å². The van der Waals surface area contributed by atoms with Crippen LogP contribution in [0, 0.1) is 19.8 Å². The van der Waals surface area contributed by atoms with Crippen LogP contribution >= 0.6 is 0 Å². The molecule has 2 aromatic carbocycles. The van der Waals surface area contributed by atoms with E-state index in [1.54, 1.807) is 11.0 Å². The maximum absolute atomic E-state index is 13.1. The number of carbonyl (C=O) groups excluding carboxylic acids is 2. The summed E-state index contributed by atoms with van der Waals surface area (Å²) in [4.78, 5) is 27.7. The Balaban J connectivity index is 2.06. The normalized spacial score (nSPS) is 17.8. The highest BCUT2D eigenvalue weighted by Gasteiger charge is 2.45. The highest BCUT2D eigenvalue weighted by Crippen LogP contribution is 2.40. The lowest BCUT2D eigenvalue weighted by atomic mass is 9.94. The van der Waals surface area contributed by atoms with Crippen LogP contribution in [0.4, 0.5) is 0 Å². The van der Waals surface area contributed by atoms with Crippen LogP contribution in [0.25, 0.3) is 5.76 Å². The lowest BCUT2D eigenvalue weighted by Crippen LogP contribution is -2.30. The van der Waals surface area contributed by atoms with Crippen LogP contribution in [0.5, 0.6) is 5.75 Å². The first kappa shape index (κ1) is 24.6. The van der Waals surface area contributed by atoms with Crippen molar-refractivity contribution in [2.75, 3.05) is 13.2 Å². The minimum atomic E-state index is -0.631. The first-order valence-corrected chi connectivity index (χ1v) is 11.8. The predicted octanol–water partition coefficient (Wildman–Crippen LogP) is 5.95. The second kappa shape index (κ2) is 10.7. The summed E-state index contributed by atoms with van der Waals surface area (Å²) < 4.78 is 5.85. The summed E-state index contributed by atoms with van der Waals surface area (Å²) in [6.07, 6.45) is 2.80. The third-order valence-corrected chi connectivity index (χ3v) is 5.92. The van der Waals surface area contributed by atoms with Gasteiger partial charge in [-0.2, -0.15) is 0 Å². The smallest absolute Gasteiger partial charge is 0.295 e. The number of aliphatic hydroxyl groups excluding tert-OH is 1. The molecule has 1 atom stereocenters. The average Bonchev–Trinajstić information content (AvgIpc) is 3.03. The Morgan fingerprint density at radius 2 is 1.85 bits per heavy atom. The van der Waals surface area contributed by atoms with Crippen LogP contribution in [0.15, 0.2) is 48.0 Å². The second-order valence-electron chi connectivity index (χ2n) is 9.30. The highest BCUT2D eigenvalue weighted by molar-refractivity contribution is 6.46. The van der Waals surface area contributed by atoms with Crippen molar-refractivity contribution >= 4 is 17.4 Å². The van der Waals surface area contributed by atoms with E-state index >= 15 is 0 Å². The van der Waals surface area contributed by atoms with Gasteiger partial charge in [0.2, 0.25) is 0 Å². The van der Waals surface area contributed by atoms with Crippen molar-refractivity contribution in [3.63, 3.8) is 0 Å². The number of Topliss-reactive ketones (excluding diaryl/α,β-unsaturated/α-hetero) is 1. The molecule has 0 radical (unpaired) electrons. The van der Waals surface area contributed by atoms with E-state index in [0.717, 1.165) is 41.7 Å². The van der Waals surface area contributed by atoms with E-state index in [1.165, 1.54) is 0 Å². The van der Waals surface area contributed by atoms with Crippen LogP contribution in [-0.4, -0.2) is 34.8 Å². The predicted molar refractivity (Wildman–Crippen MR) is 131 cm³/mol. The molecular formula is C28H35NO4. The third-order valence-electron chi connectivity index (χ3n) is 5.92. The minimum Gasteiger partial charge on any atom is -0.507 e. The lowest BCUT2D eigenvalue weighted by molar-refractivity contribution is -0.139. The van der Waals surface area contributed by atoms with E-state index in [-0.39, 0.29) is 11.3 Å².